The minimum atomic E-state index is -3.39. The molecule has 28 heavy (non-hydrogen) atoms. The quantitative estimate of drug-likeness (QED) is 0.812. The molecular weight excluding hydrogens is 380 g/mol. The number of hydrogen-bond acceptors (Lipinski definition) is 5. The molecule has 152 valence electrons. The van der Waals surface area contributed by atoms with E-state index in [-0.39, 0.29) is 12.1 Å². The van der Waals surface area contributed by atoms with Crippen LogP contribution in [0.1, 0.15) is 33.6 Å². The van der Waals surface area contributed by atoms with Gasteiger partial charge in [0.25, 0.3) is 0 Å². The lowest BCUT2D eigenvalue weighted by Gasteiger charge is -2.33. The van der Waals surface area contributed by atoms with Crippen LogP contribution in [0.3, 0.4) is 0 Å². The van der Waals surface area contributed by atoms with E-state index in [1.165, 1.54) is 6.26 Å². The highest BCUT2D eigenvalue weighted by Gasteiger charge is 2.33. The molecule has 8 nitrogen and oxygen atoms in total. The van der Waals surface area contributed by atoms with Crippen LogP contribution in [-0.4, -0.2) is 48.2 Å². The summed E-state index contributed by atoms with van der Waals surface area (Å²) in [5.74, 6) is 0.526. The van der Waals surface area contributed by atoms with Crippen molar-refractivity contribution in [3.05, 3.63) is 36.7 Å². The number of aromatic nitrogens is 1. The average molecular weight is 407 g/mol. The van der Waals surface area contributed by atoms with E-state index in [0.717, 1.165) is 5.56 Å². The monoisotopic (exact) mass is 406 g/mol. The molecule has 1 fully saturated rings. The molecule has 0 aliphatic carbocycles. The highest BCUT2D eigenvalue weighted by Crippen LogP contribution is 2.21. The summed E-state index contributed by atoms with van der Waals surface area (Å²) >= 11 is 0. The van der Waals surface area contributed by atoms with E-state index in [1.807, 2.05) is 12.1 Å². The Morgan fingerprint density at radius 2 is 1.82 bits per heavy atom. The Kier molecular flexibility index (Phi) is 5.76. The van der Waals surface area contributed by atoms with Gasteiger partial charge in [-0.15, -0.1) is 0 Å². The minimum absolute atomic E-state index is 0.145. The maximum atomic E-state index is 12.5. The van der Waals surface area contributed by atoms with Gasteiger partial charge in [0.05, 0.1) is 10.9 Å². The molecule has 1 saturated heterocycles. The number of sulfonamides is 1. The van der Waals surface area contributed by atoms with Crippen molar-refractivity contribution in [1.29, 1.82) is 0 Å². The van der Waals surface area contributed by atoms with E-state index >= 15 is 0 Å². The highest BCUT2D eigenvalue weighted by atomic mass is 32.2. The smallest absolute Gasteiger partial charge is 0.321 e. The average Bonchev–Trinajstić information content (AvgIpc) is 3.16. The molecule has 1 aliphatic rings. The van der Waals surface area contributed by atoms with Gasteiger partial charge in [-0.1, -0.05) is 0 Å². The lowest BCUT2D eigenvalue weighted by atomic mass is 10.1. The van der Waals surface area contributed by atoms with Crippen LogP contribution in [0.4, 0.5) is 10.5 Å². The number of nitrogens with one attached hydrogen (secondary N) is 2. The van der Waals surface area contributed by atoms with Crippen molar-refractivity contribution >= 4 is 21.7 Å². The molecule has 3 rings (SSSR count). The number of piperidine rings is 1. The van der Waals surface area contributed by atoms with Crippen molar-refractivity contribution in [3.63, 3.8) is 0 Å². The molecule has 1 aromatic heterocycles. The van der Waals surface area contributed by atoms with Crippen LogP contribution in [0, 0.1) is 0 Å². The van der Waals surface area contributed by atoms with Crippen molar-refractivity contribution in [1.82, 2.24) is 14.6 Å². The number of rotatable bonds is 4. The van der Waals surface area contributed by atoms with Crippen LogP contribution in [0.25, 0.3) is 11.5 Å². The number of oxazole rings is 1. The molecule has 0 bridgehead atoms. The number of carbonyl (C=O) groups is 1. The third kappa shape index (κ3) is 4.71. The molecule has 2 N–H and O–H groups in total. The maximum absolute atomic E-state index is 12.5. The molecule has 0 unspecified atom stereocenters. The summed E-state index contributed by atoms with van der Waals surface area (Å²) in [6.07, 6.45) is 4.27. The van der Waals surface area contributed by atoms with Crippen LogP contribution in [-0.2, 0) is 10.0 Å². The second-order valence-corrected chi connectivity index (χ2v) is 10.3. The Balaban J connectivity index is 1.51. The molecule has 2 amide bonds. The van der Waals surface area contributed by atoms with Crippen molar-refractivity contribution in [2.75, 3.05) is 18.4 Å². The van der Waals surface area contributed by atoms with Gasteiger partial charge in [0, 0.05) is 30.4 Å². The summed E-state index contributed by atoms with van der Waals surface area (Å²) in [7, 11) is -3.39. The number of likely N-dealkylation sites (tertiary alicyclic amines) is 1. The predicted octanol–water partition coefficient (Wildman–Crippen LogP) is 3.06. The number of carbonyl (C=O) groups excluding carboxylic acids is 1. The Labute approximate surface area is 165 Å². The first-order valence-corrected chi connectivity index (χ1v) is 10.7. The SMILES string of the molecule is CC(C)(C)S(=O)(=O)NC1CCN(C(=O)Nc2ccc(-c3ncco3)cc2)CC1. The lowest BCUT2D eigenvalue weighted by molar-refractivity contribution is 0.193. The van der Waals surface area contributed by atoms with Crippen LogP contribution in [0.15, 0.2) is 41.1 Å². The zero-order valence-corrected chi connectivity index (χ0v) is 17.1. The summed E-state index contributed by atoms with van der Waals surface area (Å²) in [4.78, 5) is 18.3. The first-order valence-electron chi connectivity index (χ1n) is 9.23. The molecule has 0 radical (unpaired) electrons. The van der Waals surface area contributed by atoms with E-state index in [9.17, 15) is 13.2 Å². The summed E-state index contributed by atoms with van der Waals surface area (Å²) in [6, 6.07) is 6.90. The largest absolute Gasteiger partial charge is 0.445 e. The van der Waals surface area contributed by atoms with Crippen molar-refractivity contribution < 1.29 is 17.6 Å². The van der Waals surface area contributed by atoms with Gasteiger partial charge >= 0.3 is 6.03 Å². The van der Waals surface area contributed by atoms with Gasteiger partial charge in [-0.25, -0.2) is 22.9 Å². The van der Waals surface area contributed by atoms with E-state index < -0.39 is 14.8 Å². The summed E-state index contributed by atoms with van der Waals surface area (Å²) in [6.45, 7) is 6.01. The molecule has 0 spiro atoms. The molecule has 1 aliphatic heterocycles. The summed E-state index contributed by atoms with van der Waals surface area (Å²) in [5, 5.41) is 2.87. The predicted molar refractivity (Wildman–Crippen MR) is 107 cm³/mol. The van der Waals surface area contributed by atoms with Crippen LogP contribution >= 0.6 is 0 Å². The van der Waals surface area contributed by atoms with Gasteiger partial charge in [-0.3, -0.25) is 0 Å². The van der Waals surface area contributed by atoms with Gasteiger partial charge in [-0.2, -0.15) is 0 Å². The van der Waals surface area contributed by atoms with E-state index in [0.29, 0.717) is 37.5 Å². The fraction of sp³-hybridized carbons (Fsp3) is 0.474. The van der Waals surface area contributed by atoms with Gasteiger partial charge in [-0.05, 0) is 57.9 Å². The number of amides is 2. The van der Waals surface area contributed by atoms with Gasteiger partial charge in [0.1, 0.15) is 6.26 Å². The Morgan fingerprint density at radius 1 is 1.18 bits per heavy atom. The van der Waals surface area contributed by atoms with E-state index in [2.05, 4.69) is 15.0 Å². The van der Waals surface area contributed by atoms with Crippen LogP contribution in [0.5, 0.6) is 0 Å². The third-order valence-corrected chi connectivity index (χ3v) is 6.98. The van der Waals surface area contributed by atoms with Crippen LogP contribution < -0.4 is 10.0 Å². The first-order chi connectivity index (χ1) is 13.2. The van der Waals surface area contributed by atoms with Gasteiger partial charge < -0.3 is 14.6 Å². The number of nitrogens with zero attached hydrogens (tertiary/aromatic N) is 2. The lowest BCUT2D eigenvalue weighted by Crippen LogP contribution is -2.50. The van der Waals surface area contributed by atoms with Gasteiger partial charge in [0.2, 0.25) is 15.9 Å². The summed E-state index contributed by atoms with van der Waals surface area (Å²) < 4.78 is 31.7. The molecular formula is C19H26N4O4S. The fourth-order valence-electron chi connectivity index (χ4n) is 2.86. The third-order valence-electron chi connectivity index (χ3n) is 4.73. The highest BCUT2D eigenvalue weighted by molar-refractivity contribution is 7.90. The Morgan fingerprint density at radius 3 is 2.36 bits per heavy atom. The Hall–Kier alpha value is -2.39. The zero-order chi connectivity index (χ0) is 20.4. The molecule has 0 saturated carbocycles. The Bertz CT molecular complexity index is 894. The van der Waals surface area contributed by atoms with Crippen molar-refractivity contribution in [2.24, 2.45) is 0 Å². The second-order valence-electron chi connectivity index (χ2n) is 7.84. The second kappa shape index (κ2) is 7.92. The molecule has 2 heterocycles. The maximum Gasteiger partial charge on any atom is 0.321 e. The van der Waals surface area contributed by atoms with E-state index in [1.54, 1.807) is 44.0 Å². The standard InChI is InChI=1S/C19H26N4O4S/c1-19(2,3)28(25,26)22-16-8-11-23(12-9-16)18(24)21-15-6-4-14(5-7-15)17-20-10-13-27-17/h4-7,10,13,16,22H,8-9,11-12H2,1-3H3,(H,21,24). The first kappa shape index (κ1) is 20.3. The number of benzene rings is 1. The molecule has 1 aromatic carbocycles. The molecule has 9 heteroatoms. The number of hydrogen-bond donors (Lipinski definition) is 2. The summed E-state index contributed by atoms with van der Waals surface area (Å²) in [5.41, 5.74) is 1.51. The molecule has 0 atom stereocenters. The van der Waals surface area contributed by atoms with E-state index in [4.69, 9.17) is 4.42 Å². The van der Waals surface area contributed by atoms with Gasteiger partial charge in [0.15, 0.2) is 0 Å². The topological polar surface area (TPSA) is 105 Å². The number of urea groups is 1. The van der Waals surface area contributed by atoms with Crippen molar-refractivity contribution in [2.45, 2.75) is 44.4 Å². The normalized spacial score (nSPS) is 16.2. The number of anilines is 1. The molecule has 2 aromatic rings. The van der Waals surface area contributed by atoms with Crippen molar-refractivity contribution in [3.8, 4) is 11.5 Å². The van der Waals surface area contributed by atoms with Crippen LogP contribution in [0.2, 0.25) is 0 Å². The minimum Gasteiger partial charge on any atom is -0.445 e. The fourth-order valence-corrected chi connectivity index (χ4v) is 3.89. The zero-order valence-electron chi connectivity index (χ0n) is 16.3.